The average molecular weight is 329 g/mol. The second-order valence-electron chi connectivity index (χ2n) is 4.60. The molecule has 118 valence electrons. The maximum absolute atomic E-state index is 12.4. The number of aromatic nitrogens is 2. The fourth-order valence-electron chi connectivity index (χ4n) is 2.07. The molecule has 2 aromatic heterocycles. The predicted octanol–water partition coefficient (Wildman–Crippen LogP) is 3.35. The first-order valence-corrected chi connectivity index (χ1v) is 7.86. The highest BCUT2D eigenvalue weighted by Crippen LogP contribution is 2.29. The lowest BCUT2D eigenvalue weighted by atomic mass is 10.2. The normalized spacial score (nSPS) is 10.5. The van der Waals surface area contributed by atoms with Gasteiger partial charge in [0.05, 0.1) is 23.9 Å². The fourth-order valence-corrected chi connectivity index (χ4v) is 2.95. The molecule has 1 aromatic carbocycles. The Balaban J connectivity index is 1.85. The van der Waals surface area contributed by atoms with Gasteiger partial charge in [0.15, 0.2) is 5.13 Å². The van der Waals surface area contributed by atoms with Crippen molar-refractivity contribution in [3.8, 4) is 11.6 Å². The summed E-state index contributed by atoms with van der Waals surface area (Å²) in [5.74, 6) is 0.771. The molecule has 0 fully saturated rings. The van der Waals surface area contributed by atoms with E-state index >= 15 is 0 Å². The maximum atomic E-state index is 12.4. The van der Waals surface area contributed by atoms with Crippen molar-refractivity contribution in [2.24, 2.45) is 0 Å². The predicted molar refractivity (Wildman–Crippen MR) is 89.5 cm³/mol. The van der Waals surface area contributed by atoms with Crippen molar-refractivity contribution >= 4 is 32.6 Å². The zero-order valence-corrected chi connectivity index (χ0v) is 13.5. The van der Waals surface area contributed by atoms with Crippen molar-refractivity contribution in [3.63, 3.8) is 0 Å². The molecular weight excluding hydrogens is 314 g/mol. The fraction of sp³-hybridized carbons (Fsp3) is 0.188. The van der Waals surface area contributed by atoms with Gasteiger partial charge in [-0.2, -0.15) is 0 Å². The highest BCUT2D eigenvalue weighted by molar-refractivity contribution is 7.22. The molecule has 0 saturated carbocycles. The van der Waals surface area contributed by atoms with Gasteiger partial charge in [-0.3, -0.25) is 10.1 Å². The molecule has 1 N–H and O–H groups in total. The molecule has 3 rings (SSSR count). The van der Waals surface area contributed by atoms with E-state index in [9.17, 15) is 4.79 Å². The first-order valence-electron chi connectivity index (χ1n) is 7.05. The number of nitrogens with one attached hydrogen (secondary N) is 1. The quantitative estimate of drug-likeness (QED) is 0.777. The number of methoxy groups -OCH3 is 1. The molecule has 0 aliphatic carbocycles. The molecule has 3 aromatic rings. The third-order valence-corrected chi connectivity index (χ3v) is 4.05. The Morgan fingerprint density at radius 3 is 3.00 bits per heavy atom. The minimum atomic E-state index is -0.299. The van der Waals surface area contributed by atoms with Crippen LogP contribution in [-0.4, -0.2) is 29.6 Å². The van der Waals surface area contributed by atoms with Gasteiger partial charge in [0.2, 0.25) is 5.88 Å². The second-order valence-corrected chi connectivity index (χ2v) is 5.63. The van der Waals surface area contributed by atoms with E-state index < -0.39 is 0 Å². The van der Waals surface area contributed by atoms with Crippen molar-refractivity contribution in [1.82, 2.24) is 9.97 Å². The summed E-state index contributed by atoms with van der Waals surface area (Å²) in [6.07, 6.45) is 1.59. The van der Waals surface area contributed by atoms with Crippen molar-refractivity contribution in [2.45, 2.75) is 6.92 Å². The van der Waals surface area contributed by atoms with Crippen molar-refractivity contribution in [1.29, 1.82) is 0 Å². The minimum Gasteiger partial charge on any atom is -0.497 e. The Bertz CT molecular complexity index is 847. The van der Waals surface area contributed by atoms with Gasteiger partial charge in [-0.15, -0.1) is 0 Å². The van der Waals surface area contributed by atoms with Crippen LogP contribution < -0.4 is 14.8 Å². The topological polar surface area (TPSA) is 73.3 Å². The molecule has 0 atom stereocenters. The Morgan fingerprint density at radius 2 is 2.22 bits per heavy atom. The molecular formula is C16H15N3O3S. The zero-order chi connectivity index (χ0) is 16.2. The molecule has 0 aliphatic rings. The van der Waals surface area contributed by atoms with E-state index in [0.717, 1.165) is 16.0 Å². The number of carbonyl (C=O) groups is 1. The lowest BCUT2D eigenvalue weighted by Crippen LogP contribution is -2.14. The smallest absolute Gasteiger partial charge is 0.262 e. The third kappa shape index (κ3) is 3.24. The van der Waals surface area contributed by atoms with Crippen molar-refractivity contribution in [2.75, 3.05) is 19.0 Å². The minimum absolute atomic E-state index is 0.299. The van der Waals surface area contributed by atoms with Gasteiger partial charge in [-0.1, -0.05) is 11.3 Å². The van der Waals surface area contributed by atoms with E-state index in [1.165, 1.54) is 11.3 Å². The Labute approximate surface area is 137 Å². The Kier molecular flexibility index (Phi) is 4.38. The summed E-state index contributed by atoms with van der Waals surface area (Å²) in [6.45, 7) is 2.29. The first kappa shape index (κ1) is 15.2. The number of thiazole rings is 1. The molecule has 0 aliphatic heterocycles. The molecule has 6 nitrogen and oxygen atoms in total. The molecule has 7 heteroatoms. The highest BCUT2D eigenvalue weighted by Gasteiger charge is 2.15. The largest absolute Gasteiger partial charge is 0.497 e. The van der Waals surface area contributed by atoms with Gasteiger partial charge < -0.3 is 9.47 Å². The molecule has 2 heterocycles. The van der Waals surface area contributed by atoms with Crippen LogP contribution in [0, 0.1) is 0 Å². The summed E-state index contributed by atoms with van der Waals surface area (Å²) in [5, 5.41) is 3.31. The van der Waals surface area contributed by atoms with Crippen LogP contribution in [0.2, 0.25) is 0 Å². The number of hydrogen-bond acceptors (Lipinski definition) is 6. The zero-order valence-electron chi connectivity index (χ0n) is 12.7. The number of ether oxygens (including phenoxy) is 2. The first-order chi connectivity index (χ1) is 11.2. The summed E-state index contributed by atoms with van der Waals surface area (Å²) in [6, 6.07) is 8.95. The van der Waals surface area contributed by atoms with Crippen LogP contribution in [0.15, 0.2) is 36.5 Å². The van der Waals surface area contributed by atoms with E-state index in [-0.39, 0.29) is 5.91 Å². The van der Waals surface area contributed by atoms with Gasteiger partial charge >= 0.3 is 0 Å². The summed E-state index contributed by atoms with van der Waals surface area (Å²) >= 11 is 1.38. The van der Waals surface area contributed by atoms with Crippen LogP contribution in [0.5, 0.6) is 11.6 Å². The number of pyridine rings is 1. The Morgan fingerprint density at radius 1 is 1.35 bits per heavy atom. The van der Waals surface area contributed by atoms with Crippen molar-refractivity contribution in [3.05, 3.63) is 42.1 Å². The molecule has 0 saturated heterocycles. The Hall–Kier alpha value is -2.67. The number of anilines is 1. The highest BCUT2D eigenvalue weighted by atomic mass is 32.1. The molecule has 0 spiro atoms. The SMILES string of the molecule is CCOc1ncccc1C(=O)Nc1nc2ccc(OC)cc2s1. The average Bonchev–Trinajstić information content (AvgIpc) is 2.96. The van der Waals surface area contributed by atoms with Crippen LogP contribution in [0.25, 0.3) is 10.2 Å². The van der Waals surface area contributed by atoms with Crippen LogP contribution in [0.1, 0.15) is 17.3 Å². The van der Waals surface area contributed by atoms with Crippen LogP contribution in [-0.2, 0) is 0 Å². The van der Waals surface area contributed by atoms with Crippen LogP contribution in [0.4, 0.5) is 5.13 Å². The summed E-state index contributed by atoms with van der Waals surface area (Å²) in [5.41, 5.74) is 1.19. The lowest BCUT2D eigenvalue weighted by Gasteiger charge is -2.07. The second kappa shape index (κ2) is 6.62. The van der Waals surface area contributed by atoms with Gasteiger partial charge in [-0.05, 0) is 37.3 Å². The number of carbonyl (C=O) groups excluding carboxylic acids is 1. The van der Waals surface area contributed by atoms with Gasteiger partial charge in [-0.25, -0.2) is 9.97 Å². The molecule has 1 amide bonds. The summed E-state index contributed by atoms with van der Waals surface area (Å²) in [4.78, 5) is 20.9. The number of fused-ring (bicyclic) bond motifs is 1. The van der Waals surface area contributed by atoms with Gasteiger partial charge in [0.1, 0.15) is 11.3 Å². The number of hydrogen-bond donors (Lipinski definition) is 1. The molecule has 0 radical (unpaired) electrons. The monoisotopic (exact) mass is 329 g/mol. The molecule has 0 unspecified atom stereocenters. The van der Waals surface area contributed by atoms with Gasteiger partial charge in [0.25, 0.3) is 5.91 Å². The lowest BCUT2D eigenvalue weighted by molar-refractivity contribution is 0.102. The van der Waals surface area contributed by atoms with Crippen LogP contribution in [0.3, 0.4) is 0 Å². The number of rotatable bonds is 5. The van der Waals surface area contributed by atoms with E-state index in [1.807, 2.05) is 25.1 Å². The standard InChI is InChI=1S/C16H15N3O3S/c1-3-22-15-11(5-4-8-17-15)14(20)19-16-18-12-7-6-10(21-2)9-13(12)23-16/h4-9H,3H2,1-2H3,(H,18,19,20). The van der Waals surface area contributed by atoms with E-state index in [1.54, 1.807) is 25.4 Å². The van der Waals surface area contributed by atoms with Crippen LogP contribution >= 0.6 is 11.3 Å². The van der Waals surface area contributed by atoms with Crippen molar-refractivity contribution < 1.29 is 14.3 Å². The summed E-state index contributed by atoms with van der Waals surface area (Å²) < 4.78 is 11.5. The number of amides is 1. The van der Waals surface area contributed by atoms with E-state index in [4.69, 9.17) is 9.47 Å². The number of nitrogens with zero attached hydrogens (tertiary/aromatic N) is 2. The molecule has 23 heavy (non-hydrogen) atoms. The van der Waals surface area contributed by atoms with E-state index in [2.05, 4.69) is 15.3 Å². The van der Waals surface area contributed by atoms with E-state index in [0.29, 0.717) is 23.2 Å². The molecule has 0 bridgehead atoms. The summed E-state index contributed by atoms with van der Waals surface area (Å²) in [7, 11) is 1.61. The third-order valence-electron chi connectivity index (χ3n) is 3.11. The number of benzene rings is 1. The maximum Gasteiger partial charge on any atom is 0.262 e. The van der Waals surface area contributed by atoms with Gasteiger partial charge in [0, 0.05) is 6.20 Å².